The number of benzene rings is 3. The summed E-state index contributed by atoms with van der Waals surface area (Å²) >= 11 is 0. The minimum absolute atomic E-state index is 0.902. The lowest BCUT2D eigenvalue weighted by molar-refractivity contribution is 1.56. The minimum atomic E-state index is -0.902. The van der Waals surface area contributed by atoms with Crippen molar-refractivity contribution in [2.45, 2.75) is 0 Å². The summed E-state index contributed by atoms with van der Waals surface area (Å²) in [6.45, 7) is 0. The zero-order chi connectivity index (χ0) is 13.4. The Morgan fingerprint density at radius 2 is 1.05 bits per heavy atom. The highest BCUT2D eigenvalue weighted by atomic mass is 28.3. The van der Waals surface area contributed by atoms with E-state index in [4.69, 9.17) is 0 Å². The largest absolute Gasteiger partial charge is 0.356 e. The first kappa shape index (κ1) is 11.5. The molecule has 0 spiro atoms. The van der Waals surface area contributed by atoms with Crippen LogP contribution in [-0.4, -0.2) is 8.80 Å². The van der Waals surface area contributed by atoms with Gasteiger partial charge < -0.3 is 5.32 Å². The van der Waals surface area contributed by atoms with E-state index in [1.54, 1.807) is 0 Å². The van der Waals surface area contributed by atoms with Crippen LogP contribution in [0.15, 0.2) is 78.9 Å². The number of para-hydroxylation sites is 2. The fourth-order valence-corrected chi connectivity index (χ4v) is 5.62. The van der Waals surface area contributed by atoms with Gasteiger partial charge in [0, 0.05) is 11.4 Å². The zero-order valence-electron chi connectivity index (χ0n) is 11.0. The normalized spacial score (nSPS) is 13.2. The van der Waals surface area contributed by atoms with Crippen molar-refractivity contribution in [1.82, 2.24) is 0 Å². The predicted octanol–water partition coefficient (Wildman–Crippen LogP) is 2.26. The van der Waals surface area contributed by atoms with Gasteiger partial charge in [0.25, 0.3) is 0 Å². The van der Waals surface area contributed by atoms with Crippen molar-refractivity contribution < 1.29 is 0 Å². The molecule has 0 aliphatic carbocycles. The highest BCUT2D eigenvalue weighted by Crippen LogP contribution is 2.19. The number of fused-ring (bicyclic) bond motifs is 2. The Balaban J connectivity index is 1.98. The van der Waals surface area contributed by atoms with Crippen LogP contribution in [0.25, 0.3) is 0 Å². The summed E-state index contributed by atoms with van der Waals surface area (Å²) in [6, 6.07) is 28.3. The molecule has 95 valence electrons. The Hall–Kier alpha value is -2.32. The van der Waals surface area contributed by atoms with E-state index < -0.39 is 8.80 Å². The molecule has 1 aliphatic heterocycles. The standard InChI is InChI=1S/C18H14NSi/c1-2-8-14(9-3-1)20-17-12-6-4-10-15(17)19-16-11-5-7-13-18(16)20/h1-13,19H. The van der Waals surface area contributed by atoms with Gasteiger partial charge in [-0.3, -0.25) is 0 Å². The molecule has 3 aromatic carbocycles. The first-order valence-corrected chi connectivity index (χ1v) is 8.32. The molecule has 0 fully saturated rings. The fourth-order valence-electron chi connectivity index (χ4n) is 2.83. The monoisotopic (exact) mass is 272 g/mol. The Kier molecular flexibility index (Phi) is 2.68. The van der Waals surface area contributed by atoms with E-state index in [1.165, 1.54) is 26.9 Å². The summed E-state index contributed by atoms with van der Waals surface area (Å²) in [6.07, 6.45) is 0. The third kappa shape index (κ3) is 1.77. The molecular formula is C18H14NSi. The van der Waals surface area contributed by atoms with Crippen LogP contribution in [0.3, 0.4) is 0 Å². The first-order valence-electron chi connectivity index (χ1n) is 6.82. The molecule has 0 saturated heterocycles. The van der Waals surface area contributed by atoms with Crippen molar-refractivity contribution in [3.63, 3.8) is 0 Å². The van der Waals surface area contributed by atoms with E-state index in [-0.39, 0.29) is 0 Å². The number of nitrogens with one attached hydrogen (secondary N) is 1. The van der Waals surface area contributed by atoms with Gasteiger partial charge in [0.2, 0.25) is 0 Å². The van der Waals surface area contributed by atoms with Gasteiger partial charge in [-0.1, -0.05) is 71.9 Å². The topological polar surface area (TPSA) is 12.0 Å². The van der Waals surface area contributed by atoms with Crippen LogP contribution in [-0.2, 0) is 0 Å². The van der Waals surface area contributed by atoms with E-state index in [0.29, 0.717) is 0 Å². The predicted molar refractivity (Wildman–Crippen MR) is 87.3 cm³/mol. The molecule has 0 atom stereocenters. The lowest BCUT2D eigenvalue weighted by Crippen LogP contribution is -2.55. The summed E-state index contributed by atoms with van der Waals surface area (Å²) in [5, 5.41) is 7.90. The maximum absolute atomic E-state index is 3.57. The Morgan fingerprint density at radius 3 is 1.65 bits per heavy atom. The molecule has 4 rings (SSSR count). The average molecular weight is 272 g/mol. The van der Waals surface area contributed by atoms with E-state index in [1.807, 2.05) is 0 Å². The van der Waals surface area contributed by atoms with Gasteiger partial charge in [-0.15, -0.1) is 0 Å². The summed E-state index contributed by atoms with van der Waals surface area (Å²) in [7, 11) is -0.902. The third-order valence-electron chi connectivity index (χ3n) is 3.72. The van der Waals surface area contributed by atoms with Gasteiger partial charge in [0.15, 0.2) is 8.80 Å². The molecule has 1 aliphatic rings. The van der Waals surface area contributed by atoms with Crippen molar-refractivity contribution in [2.24, 2.45) is 0 Å². The van der Waals surface area contributed by atoms with Crippen molar-refractivity contribution >= 4 is 35.7 Å². The molecule has 0 bridgehead atoms. The van der Waals surface area contributed by atoms with Crippen LogP contribution < -0.4 is 20.9 Å². The molecule has 1 N–H and O–H groups in total. The van der Waals surface area contributed by atoms with E-state index in [2.05, 4.69) is 84.2 Å². The van der Waals surface area contributed by atoms with Crippen molar-refractivity contribution in [3.8, 4) is 0 Å². The van der Waals surface area contributed by atoms with Gasteiger partial charge in [-0.05, 0) is 22.5 Å². The minimum Gasteiger partial charge on any atom is -0.356 e. The Bertz CT molecular complexity index is 707. The summed E-state index contributed by atoms with van der Waals surface area (Å²) in [5.74, 6) is 0. The fraction of sp³-hybridized carbons (Fsp3) is 0. The maximum atomic E-state index is 3.57. The highest BCUT2D eigenvalue weighted by molar-refractivity contribution is 6.97. The third-order valence-corrected chi connectivity index (χ3v) is 6.58. The smallest absolute Gasteiger partial charge is 0.160 e. The van der Waals surface area contributed by atoms with Gasteiger partial charge >= 0.3 is 0 Å². The molecule has 1 radical (unpaired) electrons. The number of anilines is 2. The van der Waals surface area contributed by atoms with Gasteiger partial charge in [0.05, 0.1) is 0 Å². The number of rotatable bonds is 1. The molecule has 0 aromatic heterocycles. The lowest BCUT2D eigenvalue weighted by atomic mass is 10.2. The Labute approximate surface area is 120 Å². The van der Waals surface area contributed by atoms with Crippen LogP contribution in [0.4, 0.5) is 11.4 Å². The number of hydrogen-bond acceptors (Lipinski definition) is 1. The van der Waals surface area contributed by atoms with Gasteiger partial charge in [-0.25, -0.2) is 0 Å². The molecule has 0 amide bonds. The molecule has 0 saturated carbocycles. The second-order valence-electron chi connectivity index (χ2n) is 4.96. The summed E-state index contributed by atoms with van der Waals surface area (Å²) in [5.41, 5.74) is 2.51. The van der Waals surface area contributed by atoms with Crippen LogP contribution >= 0.6 is 0 Å². The van der Waals surface area contributed by atoms with E-state index in [9.17, 15) is 0 Å². The van der Waals surface area contributed by atoms with Crippen molar-refractivity contribution in [3.05, 3.63) is 78.9 Å². The van der Waals surface area contributed by atoms with Crippen LogP contribution in [0.5, 0.6) is 0 Å². The van der Waals surface area contributed by atoms with Crippen LogP contribution in [0, 0.1) is 0 Å². The summed E-state index contributed by atoms with van der Waals surface area (Å²) in [4.78, 5) is 0. The molecular weight excluding hydrogens is 258 g/mol. The maximum Gasteiger partial charge on any atom is 0.160 e. The quantitative estimate of drug-likeness (QED) is 0.524. The molecule has 2 heteroatoms. The van der Waals surface area contributed by atoms with E-state index >= 15 is 0 Å². The molecule has 3 aromatic rings. The second kappa shape index (κ2) is 4.65. The Morgan fingerprint density at radius 1 is 0.550 bits per heavy atom. The highest BCUT2D eigenvalue weighted by Gasteiger charge is 2.28. The first-order chi connectivity index (χ1) is 9.93. The SMILES string of the molecule is c1ccc([Si]2c3ccccc3Nc3ccccc32)cc1. The molecule has 1 nitrogen and oxygen atoms in total. The lowest BCUT2D eigenvalue weighted by Gasteiger charge is -2.28. The molecule has 1 heterocycles. The van der Waals surface area contributed by atoms with Crippen LogP contribution in [0.1, 0.15) is 0 Å². The zero-order valence-corrected chi connectivity index (χ0v) is 12.0. The summed E-state index contributed by atoms with van der Waals surface area (Å²) < 4.78 is 0. The average Bonchev–Trinajstić information content (AvgIpc) is 2.53. The van der Waals surface area contributed by atoms with Gasteiger partial charge in [0.1, 0.15) is 0 Å². The molecule has 0 unspecified atom stereocenters. The molecule has 20 heavy (non-hydrogen) atoms. The number of hydrogen-bond donors (Lipinski definition) is 1. The second-order valence-corrected chi connectivity index (χ2v) is 7.36. The van der Waals surface area contributed by atoms with Crippen molar-refractivity contribution in [2.75, 3.05) is 5.32 Å². The van der Waals surface area contributed by atoms with Crippen molar-refractivity contribution in [1.29, 1.82) is 0 Å². The van der Waals surface area contributed by atoms with E-state index in [0.717, 1.165) is 0 Å². The van der Waals surface area contributed by atoms with Gasteiger partial charge in [-0.2, -0.15) is 0 Å². The van der Waals surface area contributed by atoms with Crippen LogP contribution in [0.2, 0.25) is 0 Å².